The summed E-state index contributed by atoms with van der Waals surface area (Å²) in [6.45, 7) is 11.9. The maximum Gasteiger partial charge on any atom is 0.244 e. The van der Waals surface area contributed by atoms with Crippen LogP contribution in [0.3, 0.4) is 0 Å². The molecule has 0 saturated heterocycles. The highest BCUT2D eigenvalue weighted by atomic mass is 32.2. The van der Waals surface area contributed by atoms with Crippen molar-refractivity contribution < 1.29 is 18.0 Å². The molecule has 35 heavy (non-hydrogen) atoms. The molecule has 0 radical (unpaired) electrons. The van der Waals surface area contributed by atoms with E-state index in [1.165, 1.54) is 4.90 Å². The Bertz CT molecular complexity index is 1130. The molecule has 0 aromatic heterocycles. The second-order valence-electron chi connectivity index (χ2n) is 9.56. The fourth-order valence-corrected chi connectivity index (χ4v) is 4.73. The molecule has 8 heteroatoms. The van der Waals surface area contributed by atoms with E-state index in [0.717, 1.165) is 32.8 Å². The van der Waals surface area contributed by atoms with Crippen molar-refractivity contribution in [2.24, 2.45) is 5.92 Å². The third kappa shape index (κ3) is 7.82. The lowest BCUT2D eigenvalue weighted by atomic mass is 10.1. The summed E-state index contributed by atoms with van der Waals surface area (Å²) in [7, 11) is -3.75. The number of carbonyl (C=O) groups excluding carboxylic acids is 2. The van der Waals surface area contributed by atoms with Crippen LogP contribution < -0.4 is 9.62 Å². The molecule has 2 aromatic carbocycles. The van der Waals surface area contributed by atoms with E-state index in [0.29, 0.717) is 18.7 Å². The van der Waals surface area contributed by atoms with Gasteiger partial charge in [-0.25, -0.2) is 8.42 Å². The minimum Gasteiger partial charge on any atom is -0.354 e. The highest BCUT2D eigenvalue weighted by molar-refractivity contribution is 7.92. The summed E-state index contributed by atoms with van der Waals surface area (Å²) in [5, 5.41) is 2.93. The molecule has 0 fully saturated rings. The Morgan fingerprint density at radius 1 is 1.00 bits per heavy atom. The number of sulfonamides is 1. The summed E-state index contributed by atoms with van der Waals surface area (Å²) in [6, 6.07) is 12.4. The predicted octanol–water partition coefficient (Wildman–Crippen LogP) is 3.96. The average molecular weight is 502 g/mol. The molecule has 0 aliphatic rings. The third-order valence-electron chi connectivity index (χ3n) is 6.07. The van der Waals surface area contributed by atoms with Crippen LogP contribution >= 0.6 is 0 Å². The van der Waals surface area contributed by atoms with Crippen LogP contribution in [0.1, 0.15) is 49.4 Å². The van der Waals surface area contributed by atoms with Gasteiger partial charge in [0.05, 0.1) is 11.9 Å². The van der Waals surface area contributed by atoms with Gasteiger partial charge in [0.2, 0.25) is 21.8 Å². The Balaban J connectivity index is 2.45. The highest BCUT2D eigenvalue weighted by Gasteiger charge is 2.32. The summed E-state index contributed by atoms with van der Waals surface area (Å²) in [6.07, 6.45) is 1.50. The minimum atomic E-state index is -3.75. The number of amides is 2. The summed E-state index contributed by atoms with van der Waals surface area (Å²) in [5.41, 5.74) is 4.15. The van der Waals surface area contributed by atoms with Gasteiger partial charge in [0, 0.05) is 13.1 Å². The fourth-order valence-electron chi connectivity index (χ4n) is 3.83. The molecule has 0 bridgehead atoms. The number of hydrogen-bond donors (Lipinski definition) is 1. The van der Waals surface area contributed by atoms with Crippen molar-refractivity contribution in [3.05, 3.63) is 64.7 Å². The van der Waals surface area contributed by atoms with Crippen LogP contribution in [-0.4, -0.2) is 50.5 Å². The topological polar surface area (TPSA) is 86.8 Å². The molecule has 7 nitrogen and oxygen atoms in total. The summed E-state index contributed by atoms with van der Waals surface area (Å²) in [4.78, 5) is 28.3. The Labute approximate surface area is 210 Å². The van der Waals surface area contributed by atoms with E-state index in [9.17, 15) is 18.0 Å². The van der Waals surface area contributed by atoms with Crippen molar-refractivity contribution in [3.8, 4) is 0 Å². The number of rotatable bonds is 11. The molecule has 0 saturated carbocycles. The molecule has 2 aromatic rings. The molecule has 1 N–H and O–H groups in total. The molecular weight excluding hydrogens is 462 g/mol. The van der Waals surface area contributed by atoms with Crippen molar-refractivity contribution in [2.75, 3.05) is 23.7 Å². The first-order valence-corrected chi connectivity index (χ1v) is 13.9. The second-order valence-corrected chi connectivity index (χ2v) is 11.5. The van der Waals surface area contributed by atoms with Crippen molar-refractivity contribution in [1.82, 2.24) is 10.2 Å². The van der Waals surface area contributed by atoms with Crippen molar-refractivity contribution in [3.63, 3.8) is 0 Å². The Kier molecular flexibility index (Phi) is 9.89. The van der Waals surface area contributed by atoms with E-state index in [-0.39, 0.29) is 24.9 Å². The Hall–Kier alpha value is -2.87. The van der Waals surface area contributed by atoms with Crippen molar-refractivity contribution in [2.45, 2.75) is 60.5 Å². The molecule has 2 amide bonds. The van der Waals surface area contributed by atoms with Crippen molar-refractivity contribution in [1.29, 1.82) is 0 Å². The Morgan fingerprint density at radius 3 is 2.17 bits per heavy atom. The van der Waals surface area contributed by atoms with Gasteiger partial charge in [0.15, 0.2) is 0 Å². The number of aryl methyl sites for hydroxylation is 2. The molecule has 0 unspecified atom stereocenters. The lowest BCUT2D eigenvalue weighted by Crippen LogP contribution is -2.52. The smallest absolute Gasteiger partial charge is 0.244 e. The van der Waals surface area contributed by atoms with Gasteiger partial charge in [-0.3, -0.25) is 13.9 Å². The zero-order valence-electron chi connectivity index (χ0n) is 22.0. The zero-order valence-corrected chi connectivity index (χ0v) is 22.8. The largest absolute Gasteiger partial charge is 0.354 e. The number of anilines is 1. The molecule has 2 rings (SSSR count). The van der Waals surface area contributed by atoms with E-state index in [4.69, 9.17) is 0 Å². The predicted molar refractivity (Wildman–Crippen MR) is 142 cm³/mol. The van der Waals surface area contributed by atoms with Gasteiger partial charge < -0.3 is 10.2 Å². The van der Waals surface area contributed by atoms with E-state index >= 15 is 0 Å². The Morgan fingerprint density at radius 2 is 1.63 bits per heavy atom. The third-order valence-corrected chi connectivity index (χ3v) is 7.19. The quantitative estimate of drug-likeness (QED) is 0.505. The number of nitrogens with zero attached hydrogens (tertiary/aromatic N) is 2. The van der Waals surface area contributed by atoms with Crippen LogP contribution in [0.2, 0.25) is 0 Å². The van der Waals surface area contributed by atoms with E-state index in [1.807, 2.05) is 71.9 Å². The molecule has 192 valence electrons. The standard InChI is InChI=1S/C27H39N3O4S/c1-8-24(27(32)28-16-19(2)3)29(17-23-14-12-20(4)13-15-23)26(31)18-30(35(7,33)34)25-11-9-10-21(5)22(25)6/h9-15,19,24H,8,16-18H2,1-7H3,(H,28,32)/t24-/m1/s1. The molecule has 0 aliphatic heterocycles. The van der Waals surface area contributed by atoms with Crippen LogP contribution in [0.25, 0.3) is 0 Å². The first-order chi connectivity index (χ1) is 16.3. The van der Waals surface area contributed by atoms with E-state index in [2.05, 4.69) is 5.32 Å². The van der Waals surface area contributed by atoms with Gasteiger partial charge in [-0.05, 0) is 55.9 Å². The maximum absolute atomic E-state index is 13.7. The van der Waals surface area contributed by atoms with Gasteiger partial charge in [0.25, 0.3) is 0 Å². The first kappa shape index (κ1) is 28.4. The van der Waals surface area contributed by atoms with Gasteiger partial charge in [-0.1, -0.05) is 62.7 Å². The summed E-state index contributed by atoms with van der Waals surface area (Å²) in [5.74, 6) is -0.398. The van der Waals surface area contributed by atoms with Crippen LogP contribution in [0.5, 0.6) is 0 Å². The van der Waals surface area contributed by atoms with Crippen LogP contribution in [0.4, 0.5) is 5.69 Å². The molecule has 0 heterocycles. The first-order valence-electron chi connectivity index (χ1n) is 12.0. The highest BCUT2D eigenvalue weighted by Crippen LogP contribution is 2.25. The fraction of sp³-hybridized carbons (Fsp3) is 0.481. The molecule has 1 atom stereocenters. The molecule has 0 spiro atoms. The lowest BCUT2D eigenvalue weighted by molar-refractivity contribution is -0.140. The maximum atomic E-state index is 13.7. The number of carbonyl (C=O) groups is 2. The minimum absolute atomic E-state index is 0.205. The number of nitrogens with one attached hydrogen (secondary N) is 1. The van der Waals surface area contributed by atoms with Gasteiger partial charge in [-0.15, -0.1) is 0 Å². The van der Waals surface area contributed by atoms with Crippen LogP contribution in [0, 0.1) is 26.7 Å². The molecule has 0 aliphatic carbocycles. The second kappa shape index (κ2) is 12.2. The SMILES string of the molecule is CC[C@H](C(=O)NCC(C)C)N(Cc1ccc(C)cc1)C(=O)CN(c1cccc(C)c1C)S(C)(=O)=O. The molecular formula is C27H39N3O4S. The summed E-state index contributed by atoms with van der Waals surface area (Å²) >= 11 is 0. The number of benzene rings is 2. The lowest BCUT2D eigenvalue weighted by Gasteiger charge is -2.33. The zero-order chi connectivity index (χ0) is 26.3. The van der Waals surface area contributed by atoms with E-state index in [1.54, 1.807) is 12.1 Å². The number of hydrogen-bond acceptors (Lipinski definition) is 4. The average Bonchev–Trinajstić information content (AvgIpc) is 2.78. The monoisotopic (exact) mass is 501 g/mol. The normalized spacial score (nSPS) is 12.3. The van der Waals surface area contributed by atoms with Gasteiger partial charge in [-0.2, -0.15) is 0 Å². The van der Waals surface area contributed by atoms with Crippen LogP contribution in [0.15, 0.2) is 42.5 Å². The van der Waals surface area contributed by atoms with Crippen LogP contribution in [-0.2, 0) is 26.2 Å². The van der Waals surface area contributed by atoms with Gasteiger partial charge >= 0.3 is 0 Å². The van der Waals surface area contributed by atoms with E-state index < -0.39 is 22.0 Å². The van der Waals surface area contributed by atoms with Crippen molar-refractivity contribution >= 4 is 27.5 Å². The van der Waals surface area contributed by atoms with Gasteiger partial charge in [0.1, 0.15) is 12.6 Å². The summed E-state index contributed by atoms with van der Waals surface area (Å²) < 4.78 is 26.7.